The van der Waals surface area contributed by atoms with Crippen molar-refractivity contribution in [3.8, 4) is 20.9 Å². The third-order valence-corrected chi connectivity index (χ3v) is 4.77. The molecule has 0 saturated carbocycles. The monoisotopic (exact) mass is 322 g/mol. The van der Waals surface area contributed by atoms with Gasteiger partial charge in [0.2, 0.25) is 0 Å². The van der Waals surface area contributed by atoms with Crippen LogP contribution in [0, 0.1) is 0 Å². The van der Waals surface area contributed by atoms with E-state index in [0.717, 1.165) is 27.1 Å². The number of amidine groups is 2. The number of rotatable bonds is 4. The Morgan fingerprint density at radius 2 is 1.30 bits per heavy atom. The number of nitrogens with two attached hydrogens (primary N) is 4. The van der Waals surface area contributed by atoms with Crippen LogP contribution in [0.2, 0.25) is 0 Å². The maximum Gasteiger partial charge on any atom is 0.270 e. The minimum absolute atomic E-state index is 0.329. The Balaban J connectivity index is 1.92. The smallest absolute Gasteiger partial charge is 0.270 e. The molecule has 5 heteroatoms. The van der Waals surface area contributed by atoms with Crippen LogP contribution in [0.4, 0.5) is 0 Å². The fraction of sp³-hybridized carbons (Fsp3) is 0. The summed E-state index contributed by atoms with van der Waals surface area (Å²) in [6.07, 6.45) is 0. The van der Waals surface area contributed by atoms with Crippen molar-refractivity contribution < 1.29 is 10.8 Å². The fourth-order valence-corrected chi connectivity index (χ4v) is 3.33. The van der Waals surface area contributed by atoms with Crippen molar-refractivity contribution >= 4 is 23.0 Å². The third kappa shape index (κ3) is 3.14. The van der Waals surface area contributed by atoms with E-state index in [1.807, 2.05) is 42.5 Å². The van der Waals surface area contributed by atoms with E-state index in [-0.39, 0.29) is 0 Å². The average Bonchev–Trinajstić information content (AvgIpc) is 3.05. The maximum absolute atomic E-state index is 5.67. The second-order valence-electron chi connectivity index (χ2n) is 5.23. The molecule has 8 N–H and O–H groups in total. The van der Waals surface area contributed by atoms with Crippen LogP contribution < -0.4 is 22.3 Å². The minimum atomic E-state index is 0.329. The molecule has 0 aliphatic heterocycles. The van der Waals surface area contributed by atoms with Crippen molar-refractivity contribution in [3.05, 3.63) is 71.8 Å². The standard InChI is InChI=1S/C18H16N4S/c19-17(20)12-6-4-11(5-7-12)15-8-9-16(23-15)13-2-1-3-14(10-13)18(21)22/h1-10H,(H3,19,20)(H3,21,22)/p+2. The molecule has 114 valence electrons. The first-order valence-electron chi connectivity index (χ1n) is 7.12. The second-order valence-corrected chi connectivity index (χ2v) is 6.32. The molecule has 3 aromatic rings. The zero-order chi connectivity index (χ0) is 16.4. The fourth-order valence-electron chi connectivity index (χ4n) is 2.33. The van der Waals surface area contributed by atoms with Crippen LogP contribution in [0.3, 0.4) is 0 Å². The Morgan fingerprint density at radius 3 is 1.91 bits per heavy atom. The van der Waals surface area contributed by atoms with Crippen LogP contribution >= 0.6 is 11.3 Å². The molecule has 4 nitrogen and oxygen atoms in total. The van der Waals surface area contributed by atoms with Crippen molar-refractivity contribution in [2.45, 2.75) is 0 Å². The van der Waals surface area contributed by atoms with Gasteiger partial charge in [-0.05, 0) is 47.5 Å². The molecule has 0 aliphatic rings. The molecule has 0 amide bonds. The van der Waals surface area contributed by atoms with Gasteiger partial charge in [-0.1, -0.05) is 24.3 Å². The van der Waals surface area contributed by atoms with Crippen LogP contribution in [0.5, 0.6) is 0 Å². The largest absolute Gasteiger partial charge is 0.287 e. The van der Waals surface area contributed by atoms with Crippen LogP contribution in [-0.2, 0) is 0 Å². The van der Waals surface area contributed by atoms with E-state index < -0.39 is 0 Å². The van der Waals surface area contributed by atoms with Gasteiger partial charge in [-0.25, -0.2) is 0 Å². The topological polar surface area (TPSA) is 103 Å². The number of benzene rings is 2. The van der Waals surface area contributed by atoms with Crippen molar-refractivity contribution in [3.63, 3.8) is 0 Å². The highest BCUT2D eigenvalue weighted by molar-refractivity contribution is 7.18. The Morgan fingerprint density at radius 1 is 0.696 bits per heavy atom. The number of hydrogen-bond acceptors (Lipinski definition) is 1. The number of hydrogen-bond donors (Lipinski definition) is 4. The molecule has 0 bridgehead atoms. The zero-order valence-corrected chi connectivity index (χ0v) is 13.3. The summed E-state index contributed by atoms with van der Waals surface area (Å²) < 4.78 is 0. The molecule has 0 spiro atoms. The van der Waals surface area contributed by atoms with Crippen molar-refractivity contribution in [2.75, 3.05) is 0 Å². The van der Waals surface area contributed by atoms with Gasteiger partial charge in [-0.2, -0.15) is 0 Å². The van der Waals surface area contributed by atoms with Gasteiger partial charge in [-0.15, -0.1) is 11.3 Å². The highest BCUT2D eigenvalue weighted by Gasteiger charge is 2.09. The summed E-state index contributed by atoms with van der Waals surface area (Å²) >= 11 is 1.71. The summed E-state index contributed by atoms with van der Waals surface area (Å²) in [4.78, 5) is 2.34. The van der Waals surface area contributed by atoms with E-state index >= 15 is 0 Å². The van der Waals surface area contributed by atoms with Gasteiger partial charge >= 0.3 is 0 Å². The minimum Gasteiger partial charge on any atom is -0.287 e. The Kier molecular flexibility index (Phi) is 3.95. The summed E-state index contributed by atoms with van der Waals surface area (Å²) in [7, 11) is 0. The Hall–Kier alpha value is -2.92. The zero-order valence-electron chi connectivity index (χ0n) is 12.5. The molecule has 3 rings (SSSR count). The molecule has 0 unspecified atom stereocenters. The lowest BCUT2D eigenvalue weighted by Crippen LogP contribution is -2.46. The van der Waals surface area contributed by atoms with Crippen LogP contribution in [0.15, 0.2) is 60.7 Å². The van der Waals surface area contributed by atoms with Gasteiger partial charge in [0.1, 0.15) is 0 Å². The van der Waals surface area contributed by atoms with Crippen LogP contribution in [0.1, 0.15) is 11.1 Å². The van der Waals surface area contributed by atoms with Crippen LogP contribution in [-0.4, -0.2) is 11.7 Å². The van der Waals surface area contributed by atoms with Gasteiger partial charge in [-0.3, -0.25) is 22.3 Å². The molecule has 1 aromatic heterocycles. The van der Waals surface area contributed by atoms with Crippen molar-refractivity contribution in [1.29, 1.82) is 0 Å². The predicted octanol–water partition coefficient (Wildman–Crippen LogP) is 0.0109. The summed E-state index contributed by atoms with van der Waals surface area (Å²) in [5.41, 5.74) is 15.2. The number of thiophene rings is 1. The summed E-state index contributed by atoms with van der Waals surface area (Å²) in [5.74, 6) is 0.658. The van der Waals surface area contributed by atoms with E-state index in [1.165, 1.54) is 4.88 Å². The Bertz CT molecular complexity index is 878. The van der Waals surface area contributed by atoms with Crippen LogP contribution in [0.25, 0.3) is 20.9 Å². The van der Waals surface area contributed by atoms with Gasteiger partial charge in [0, 0.05) is 9.75 Å². The first kappa shape index (κ1) is 15.0. The summed E-state index contributed by atoms with van der Waals surface area (Å²) in [6.45, 7) is 0. The molecular weight excluding hydrogens is 304 g/mol. The van der Waals surface area contributed by atoms with Gasteiger partial charge < -0.3 is 0 Å². The quantitative estimate of drug-likeness (QED) is 0.401. The normalized spacial score (nSPS) is 10.4. The molecule has 0 atom stereocenters. The highest BCUT2D eigenvalue weighted by Crippen LogP contribution is 2.34. The second kappa shape index (κ2) is 6.06. The SMILES string of the molecule is NC(=[NH2+])c1ccc(-c2ccc(-c3cccc(C(N)=[NH2+])c3)s2)cc1. The van der Waals surface area contributed by atoms with E-state index in [0.29, 0.717) is 11.7 Å². The van der Waals surface area contributed by atoms with Crippen molar-refractivity contribution in [2.24, 2.45) is 11.5 Å². The lowest BCUT2D eigenvalue weighted by atomic mass is 10.1. The lowest BCUT2D eigenvalue weighted by molar-refractivity contribution is -0.115. The summed E-state index contributed by atoms with van der Waals surface area (Å²) in [6, 6.07) is 20.0. The van der Waals surface area contributed by atoms with E-state index in [9.17, 15) is 0 Å². The molecule has 0 aliphatic carbocycles. The first-order valence-corrected chi connectivity index (χ1v) is 7.93. The van der Waals surface area contributed by atoms with Gasteiger partial charge in [0.15, 0.2) is 0 Å². The van der Waals surface area contributed by atoms with Crippen molar-refractivity contribution in [1.82, 2.24) is 0 Å². The molecule has 23 heavy (non-hydrogen) atoms. The van der Waals surface area contributed by atoms with E-state index in [1.54, 1.807) is 11.3 Å². The Labute approximate surface area is 138 Å². The first-order chi connectivity index (χ1) is 11.0. The predicted molar refractivity (Wildman–Crippen MR) is 95.6 cm³/mol. The molecule has 0 fully saturated rings. The summed E-state index contributed by atoms with van der Waals surface area (Å²) in [5, 5.41) is 11.3. The van der Waals surface area contributed by atoms with Gasteiger partial charge in [0.05, 0.1) is 11.1 Å². The van der Waals surface area contributed by atoms with Gasteiger partial charge in [0.25, 0.3) is 11.7 Å². The molecule has 0 saturated heterocycles. The maximum atomic E-state index is 5.67. The molecule has 2 aromatic carbocycles. The highest BCUT2D eigenvalue weighted by atomic mass is 32.1. The third-order valence-electron chi connectivity index (χ3n) is 3.59. The lowest BCUT2D eigenvalue weighted by Gasteiger charge is -2.00. The molecular formula is C18H18N4S+2. The molecule has 0 radical (unpaired) electrons. The molecule has 1 heterocycles. The average molecular weight is 322 g/mol. The van der Waals surface area contributed by atoms with E-state index in [2.05, 4.69) is 18.2 Å². The van der Waals surface area contributed by atoms with E-state index in [4.69, 9.17) is 22.3 Å².